The van der Waals surface area contributed by atoms with E-state index in [2.05, 4.69) is 25.3 Å². The van der Waals surface area contributed by atoms with Crippen LogP contribution in [0.5, 0.6) is 0 Å². The van der Waals surface area contributed by atoms with Gasteiger partial charge in [-0.3, -0.25) is 19.9 Å². The highest BCUT2D eigenvalue weighted by Crippen LogP contribution is 2.29. The number of anilines is 2. The number of hydrogen-bond acceptors (Lipinski definition) is 9. The molecule has 36 heavy (non-hydrogen) atoms. The standard InChI is InChI=1S/C26H32N8O2/c35-34(36)20-7-5-19(6-8-20)9-10-28-25-23-3-1-2-4-24(23)29-26(30-25)33-17-22(18-33)32-15-21(16-32)31-13-11-27-12-14-31/h1-8,21-22,27H,9-18H2,(H,28,29,30). The van der Waals surface area contributed by atoms with Gasteiger partial charge in [-0.2, -0.15) is 4.98 Å². The summed E-state index contributed by atoms with van der Waals surface area (Å²) in [7, 11) is 0. The number of non-ortho nitro benzene ring substituents is 1. The molecule has 10 heteroatoms. The third kappa shape index (κ3) is 4.71. The summed E-state index contributed by atoms with van der Waals surface area (Å²) in [5.74, 6) is 1.62. The van der Waals surface area contributed by atoms with Gasteiger partial charge in [-0.15, -0.1) is 0 Å². The Kier molecular flexibility index (Phi) is 6.39. The molecule has 0 saturated carbocycles. The van der Waals surface area contributed by atoms with E-state index >= 15 is 0 Å². The zero-order valence-corrected chi connectivity index (χ0v) is 20.3. The second-order valence-electron chi connectivity index (χ2n) is 9.94. The summed E-state index contributed by atoms with van der Waals surface area (Å²) in [5.41, 5.74) is 2.10. The average molecular weight is 489 g/mol. The highest BCUT2D eigenvalue weighted by atomic mass is 16.6. The van der Waals surface area contributed by atoms with Gasteiger partial charge < -0.3 is 15.5 Å². The van der Waals surface area contributed by atoms with E-state index in [4.69, 9.17) is 9.97 Å². The minimum Gasteiger partial charge on any atom is -0.369 e. The summed E-state index contributed by atoms with van der Waals surface area (Å²) < 4.78 is 0. The van der Waals surface area contributed by atoms with Crippen molar-refractivity contribution >= 4 is 28.4 Å². The number of rotatable bonds is 8. The van der Waals surface area contributed by atoms with Crippen LogP contribution in [0.2, 0.25) is 0 Å². The van der Waals surface area contributed by atoms with Gasteiger partial charge in [0.25, 0.3) is 5.69 Å². The number of nitrogens with zero attached hydrogens (tertiary/aromatic N) is 6. The number of likely N-dealkylation sites (tertiary alicyclic amines) is 1. The van der Waals surface area contributed by atoms with Crippen molar-refractivity contribution in [3.05, 3.63) is 64.2 Å². The fraction of sp³-hybridized carbons (Fsp3) is 0.462. The molecule has 10 nitrogen and oxygen atoms in total. The Morgan fingerprint density at radius 2 is 1.67 bits per heavy atom. The molecule has 3 aromatic rings. The summed E-state index contributed by atoms with van der Waals surface area (Å²) >= 11 is 0. The Morgan fingerprint density at radius 1 is 0.944 bits per heavy atom. The van der Waals surface area contributed by atoms with Crippen molar-refractivity contribution in [2.24, 2.45) is 0 Å². The number of para-hydroxylation sites is 1. The molecule has 3 aliphatic heterocycles. The van der Waals surface area contributed by atoms with Gasteiger partial charge in [-0.25, -0.2) is 4.98 Å². The molecule has 0 amide bonds. The number of nitrogens with one attached hydrogen (secondary N) is 2. The van der Waals surface area contributed by atoms with Crippen molar-refractivity contribution in [1.82, 2.24) is 25.1 Å². The van der Waals surface area contributed by atoms with Crippen LogP contribution in [0.15, 0.2) is 48.5 Å². The molecule has 4 heterocycles. The van der Waals surface area contributed by atoms with Crippen LogP contribution in [-0.4, -0.2) is 95.7 Å². The van der Waals surface area contributed by atoms with Crippen molar-refractivity contribution in [3.63, 3.8) is 0 Å². The maximum absolute atomic E-state index is 10.9. The number of nitro benzene ring substituents is 1. The fourth-order valence-electron chi connectivity index (χ4n) is 5.36. The van der Waals surface area contributed by atoms with Gasteiger partial charge in [-0.05, 0) is 24.1 Å². The first-order valence-electron chi connectivity index (χ1n) is 12.8. The van der Waals surface area contributed by atoms with E-state index in [0.29, 0.717) is 18.6 Å². The Hall–Kier alpha value is -3.34. The van der Waals surface area contributed by atoms with Crippen LogP contribution in [0.3, 0.4) is 0 Å². The van der Waals surface area contributed by atoms with Crippen LogP contribution in [0.4, 0.5) is 17.5 Å². The Bertz CT molecular complexity index is 1220. The normalized spacial score (nSPS) is 19.7. The van der Waals surface area contributed by atoms with Gasteiger partial charge in [0.1, 0.15) is 5.82 Å². The summed E-state index contributed by atoms with van der Waals surface area (Å²) in [6.07, 6.45) is 0.751. The molecule has 1 aromatic heterocycles. The number of nitro groups is 1. The van der Waals surface area contributed by atoms with Crippen LogP contribution >= 0.6 is 0 Å². The summed E-state index contributed by atoms with van der Waals surface area (Å²) in [6, 6.07) is 16.1. The smallest absolute Gasteiger partial charge is 0.269 e. The lowest BCUT2D eigenvalue weighted by molar-refractivity contribution is -0.384. The van der Waals surface area contributed by atoms with Gasteiger partial charge in [0.05, 0.1) is 10.4 Å². The first-order valence-corrected chi connectivity index (χ1v) is 12.8. The van der Waals surface area contributed by atoms with E-state index in [1.165, 1.54) is 26.2 Å². The van der Waals surface area contributed by atoms with Crippen LogP contribution < -0.4 is 15.5 Å². The number of hydrogen-bond donors (Lipinski definition) is 2. The zero-order chi connectivity index (χ0) is 24.5. The lowest BCUT2D eigenvalue weighted by Gasteiger charge is -2.54. The van der Waals surface area contributed by atoms with Gasteiger partial charge in [-0.1, -0.05) is 24.3 Å². The van der Waals surface area contributed by atoms with Gasteiger partial charge in [0, 0.05) is 88.5 Å². The molecule has 3 aliphatic rings. The van der Waals surface area contributed by atoms with E-state index in [-0.39, 0.29) is 10.6 Å². The first kappa shape index (κ1) is 23.1. The van der Waals surface area contributed by atoms with E-state index in [0.717, 1.165) is 60.8 Å². The fourth-order valence-corrected chi connectivity index (χ4v) is 5.36. The molecule has 0 unspecified atom stereocenters. The number of benzene rings is 2. The SMILES string of the molecule is O=[N+]([O-])c1ccc(CCNc2nc(N3CC(N4CC(N5CCNCC5)C4)C3)nc3ccccc23)cc1. The minimum absolute atomic E-state index is 0.114. The van der Waals surface area contributed by atoms with Crippen molar-refractivity contribution in [2.45, 2.75) is 18.5 Å². The van der Waals surface area contributed by atoms with Crippen molar-refractivity contribution < 1.29 is 4.92 Å². The minimum atomic E-state index is -0.371. The molecule has 3 saturated heterocycles. The van der Waals surface area contributed by atoms with Gasteiger partial charge in [0.15, 0.2) is 0 Å². The molecule has 0 bridgehead atoms. The third-order valence-electron chi connectivity index (χ3n) is 7.66. The van der Waals surface area contributed by atoms with Crippen molar-refractivity contribution in [3.8, 4) is 0 Å². The number of fused-ring (bicyclic) bond motifs is 1. The van der Waals surface area contributed by atoms with E-state index in [1.54, 1.807) is 12.1 Å². The Labute approximate surface area is 210 Å². The Morgan fingerprint density at radius 3 is 2.42 bits per heavy atom. The Balaban J connectivity index is 1.07. The maximum atomic E-state index is 10.9. The molecule has 2 aromatic carbocycles. The highest BCUT2D eigenvalue weighted by molar-refractivity contribution is 5.90. The lowest BCUT2D eigenvalue weighted by Crippen LogP contribution is -2.71. The molecule has 0 spiro atoms. The summed E-state index contributed by atoms with van der Waals surface area (Å²) in [4.78, 5) is 27.8. The molecule has 2 N–H and O–H groups in total. The van der Waals surface area contributed by atoms with Crippen LogP contribution in [-0.2, 0) is 6.42 Å². The molecule has 0 radical (unpaired) electrons. The number of piperazine rings is 1. The highest BCUT2D eigenvalue weighted by Gasteiger charge is 2.41. The molecule has 0 aliphatic carbocycles. The van der Waals surface area contributed by atoms with E-state index in [9.17, 15) is 10.1 Å². The molecule has 6 rings (SSSR count). The summed E-state index contributed by atoms with van der Waals surface area (Å²) in [6.45, 7) is 9.51. The molecule has 3 fully saturated rings. The predicted octanol–water partition coefficient (Wildman–Crippen LogP) is 1.97. The largest absolute Gasteiger partial charge is 0.369 e. The molecule has 188 valence electrons. The summed E-state index contributed by atoms with van der Waals surface area (Å²) in [5, 5.41) is 18.8. The second-order valence-corrected chi connectivity index (χ2v) is 9.94. The molecular weight excluding hydrogens is 456 g/mol. The topological polar surface area (TPSA) is 103 Å². The van der Waals surface area contributed by atoms with Crippen molar-refractivity contribution in [2.75, 3.05) is 69.1 Å². The monoisotopic (exact) mass is 488 g/mol. The van der Waals surface area contributed by atoms with Gasteiger partial charge >= 0.3 is 0 Å². The van der Waals surface area contributed by atoms with Crippen LogP contribution in [0.25, 0.3) is 10.9 Å². The van der Waals surface area contributed by atoms with Crippen molar-refractivity contribution in [1.29, 1.82) is 0 Å². The lowest BCUT2D eigenvalue weighted by atomic mass is 9.98. The number of aromatic nitrogens is 2. The third-order valence-corrected chi connectivity index (χ3v) is 7.66. The first-order chi connectivity index (χ1) is 17.6. The van der Waals surface area contributed by atoms with E-state index in [1.807, 2.05) is 36.4 Å². The average Bonchev–Trinajstić information content (AvgIpc) is 2.85. The quantitative estimate of drug-likeness (QED) is 0.364. The molecular formula is C26H32N8O2. The molecule has 0 atom stereocenters. The maximum Gasteiger partial charge on any atom is 0.269 e. The van der Waals surface area contributed by atoms with Crippen LogP contribution in [0.1, 0.15) is 5.56 Å². The van der Waals surface area contributed by atoms with Crippen LogP contribution in [0, 0.1) is 10.1 Å². The second kappa shape index (κ2) is 9.96. The van der Waals surface area contributed by atoms with E-state index < -0.39 is 0 Å². The predicted molar refractivity (Wildman–Crippen MR) is 141 cm³/mol. The zero-order valence-electron chi connectivity index (χ0n) is 20.3. The van der Waals surface area contributed by atoms with Gasteiger partial charge in [0.2, 0.25) is 5.95 Å².